The van der Waals surface area contributed by atoms with Gasteiger partial charge in [0.05, 0.1) is 0 Å². The standard InChI is InChI=1S/C17H27BrN4.HI/c1-19-16(20-10-5-11-22(2)3)21-13-17(8-9-17)14-6-4-7-15(18)12-14;/h4,6-7,12H,5,8-11,13H2,1-3H3,(H2,19,20,21);1H. The summed E-state index contributed by atoms with van der Waals surface area (Å²) in [4.78, 5) is 6.52. The van der Waals surface area contributed by atoms with Gasteiger partial charge in [-0.3, -0.25) is 4.99 Å². The number of nitrogens with one attached hydrogen (secondary N) is 2. The molecule has 1 aromatic carbocycles. The maximum atomic E-state index is 4.32. The quantitative estimate of drug-likeness (QED) is 0.264. The summed E-state index contributed by atoms with van der Waals surface area (Å²) in [6, 6.07) is 8.67. The van der Waals surface area contributed by atoms with Crippen LogP contribution >= 0.6 is 39.9 Å². The van der Waals surface area contributed by atoms with Crippen molar-refractivity contribution in [1.82, 2.24) is 15.5 Å². The van der Waals surface area contributed by atoms with E-state index in [0.29, 0.717) is 0 Å². The third-order valence-electron chi connectivity index (χ3n) is 4.18. The molecule has 1 aliphatic carbocycles. The van der Waals surface area contributed by atoms with Crippen molar-refractivity contribution in [3.05, 3.63) is 34.3 Å². The summed E-state index contributed by atoms with van der Waals surface area (Å²) in [5.41, 5.74) is 1.70. The predicted molar refractivity (Wildman–Crippen MR) is 113 cm³/mol. The van der Waals surface area contributed by atoms with E-state index in [4.69, 9.17) is 0 Å². The van der Waals surface area contributed by atoms with Crippen LogP contribution in [0.25, 0.3) is 0 Å². The molecule has 0 unspecified atom stereocenters. The molecule has 130 valence electrons. The highest BCUT2D eigenvalue weighted by Crippen LogP contribution is 2.48. The minimum absolute atomic E-state index is 0. The number of hydrogen-bond donors (Lipinski definition) is 2. The topological polar surface area (TPSA) is 39.7 Å². The van der Waals surface area contributed by atoms with E-state index >= 15 is 0 Å². The maximum absolute atomic E-state index is 4.32. The summed E-state index contributed by atoms with van der Waals surface area (Å²) in [6.07, 6.45) is 3.60. The maximum Gasteiger partial charge on any atom is 0.191 e. The third-order valence-corrected chi connectivity index (χ3v) is 4.68. The highest BCUT2D eigenvalue weighted by Gasteiger charge is 2.44. The first-order chi connectivity index (χ1) is 10.6. The van der Waals surface area contributed by atoms with Gasteiger partial charge in [-0.25, -0.2) is 0 Å². The Bertz CT molecular complexity index is 515. The van der Waals surface area contributed by atoms with Crippen molar-refractivity contribution in [3.8, 4) is 0 Å². The SMILES string of the molecule is CN=C(NCCCN(C)C)NCC1(c2cccc(Br)c2)CC1.I. The van der Waals surface area contributed by atoms with Crippen molar-refractivity contribution in [2.45, 2.75) is 24.7 Å². The smallest absolute Gasteiger partial charge is 0.191 e. The monoisotopic (exact) mass is 494 g/mol. The molecule has 1 aliphatic rings. The minimum Gasteiger partial charge on any atom is -0.356 e. The Morgan fingerprint density at radius 1 is 1.30 bits per heavy atom. The van der Waals surface area contributed by atoms with Crippen molar-refractivity contribution in [2.75, 3.05) is 40.8 Å². The van der Waals surface area contributed by atoms with Crippen LogP contribution < -0.4 is 10.6 Å². The van der Waals surface area contributed by atoms with E-state index in [2.05, 4.69) is 74.8 Å². The Balaban J connectivity index is 0.00000264. The van der Waals surface area contributed by atoms with E-state index in [1.165, 1.54) is 18.4 Å². The van der Waals surface area contributed by atoms with Crippen LogP contribution in [0, 0.1) is 0 Å². The fraction of sp³-hybridized carbons (Fsp3) is 0.588. The lowest BCUT2D eigenvalue weighted by molar-refractivity contribution is 0.399. The Labute approximate surface area is 165 Å². The largest absolute Gasteiger partial charge is 0.356 e. The van der Waals surface area contributed by atoms with Gasteiger partial charge in [0.2, 0.25) is 0 Å². The van der Waals surface area contributed by atoms with Crippen LogP contribution in [0.15, 0.2) is 33.7 Å². The first kappa shape index (κ1) is 20.7. The summed E-state index contributed by atoms with van der Waals surface area (Å²) in [5, 5.41) is 6.88. The molecule has 1 fully saturated rings. The van der Waals surface area contributed by atoms with Crippen molar-refractivity contribution < 1.29 is 0 Å². The van der Waals surface area contributed by atoms with E-state index in [-0.39, 0.29) is 29.4 Å². The van der Waals surface area contributed by atoms with Gasteiger partial charge in [0.1, 0.15) is 0 Å². The van der Waals surface area contributed by atoms with Crippen LogP contribution in [0.2, 0.25) is 0 Å². The third kappa shape index (κ3) is 6.58. The molecule has 0 heterocycles. The van der Waals surface area contributed by atoms with E-state index in [1.54, 1.807) is 0 Å². The van der Waals surface area contributed by atoms with Crippen LogP contribution in [-0.4, -0.2) is 51.6 Å². The van der Waals surface area contributed by atoms with Gasteiger partial charge in [-0.1, -0.05) is 28.1 Å². The van der Waals surface area contributed by atoms with Gasteiger partial charge in [0, 0.05) is 30.0 Å². The van der Waals surface area contributed by atoms with E-state index in [1.807, 2.05) is 7.05 Å². The summed E-state index contributed by atoms with van der Waals surface area (Å²) in [6.45, 7) is 2.98. The fourth-order valence-electron chi connectivity index (χ4n) is 2.61. The van der Waals surface area contributed by atoms with Gasteiger partial charge < -0.3 is 15.5 Å². The number of nitrogens with zero attached hydrogens (tertiary/aromatic N) is 2. The van der Waals surface area contributed by atoms with Crippen LogP contribution in [-0.2, 0) is 5.41 Å². The lowest BCUT2D eigenvalue weighted by Gasteiger charge is -2.19. The summed E-state index contributed by atoms with van der Waals surface area (Å²) >= 11 is 3.57. The van der Waals surface area contributed by atoms with Crippen LogP contribution in [0.1, 0.15) is 24.8 Å². The molecule has 0 spiro atoms. The summed E-state index contributed by atoms with van der Waals surface area (Å²) < 4.78 is 1.16. The van der Waals surface area contributed by atoms with Crippen LogP contribution in [0.5, 0.6) is 0 Å². The van der Waals surface area contributed by atoms with E-state index in [9.17, 15) is 0 Å². The highest BCUT2D eigenvalue weighted by atomic mass is 127. The Morgan fingerprint density at radius 2 is 2.04 bits per heavy atom. The van der Waals surface area contributed by atoms with E-state index < -0.39 is 0 Å². The molecule has 1 aromatic rings. The average molecular weight is 495 g/mol. The molecule has 0 aliphatic heterocycles. The summed E-state index contributed by atoms with van der Waals surface area (Å²) in [7, 11) is 6.03. The first-order valence-corrected chi connectivity index (χ1v) is 8.70. The number of halogens is 2. The Hall–Kier alpha value is -0.340. The zero-order chi connectivity index (χ0) is 16.0. The van der Waals surface area contributed by atoms with Gasteiger partial charge in [-0.05, 0) is 57.6 Å². The van der Waals surface area contributed by atoms with Gasteiger partial charge >= 0.3 is 0 Å². The van der Waals surface area contributed by atoms with E-state index in [0.717, 1.165) is 36.5 Å². The van der Waals surface area contributed by atoms with Crippen molar-refractivity contribution >= 4 is 45.9 Å². The predicted octanol–water partition coefficient (Wildman–Crippen LogP) is 3.22. The molecule has 6 heteroatoms. The summed E-state index contributed by atoms with van der Waals surface area (Å²) in [5.74, 6) is 0.903. The molecule has 0 atom stereocenters. The molecular formula is C17H28BrIN4. The minimum atomic E-state index is 0. The molecule has 2 rings (SSSR count). The van der Waals surface area contributed by atoms with Crippen LogP contribution in [0.3, 0.4) is 0 Å². The molecular weight excluding hydrogens is 467 g/mol. The number of guanidine groups is 1. The lowest BCUT2D eigenvalue weighted by Crippen LogP contribution is -2.42. The highest BCUT2D eigenvalue weighted by molar-refractivity contribution is 14.0. The molecule has 0 amide bonds. The number of benzene rings is 1. The number of rotatable bonds is 7. The molecule has 0 saturated heterocycles. The Kier molecular flexibility index (Phi) is 8.85. The van der Waals surface area contributed by atoms with Crippen molar-refractivity contribution in [1.29, 1.82) is 0 Å². The Morgan fingerprint density at radius 3 is 2.61 bits per heavy atom. The van der Waals surface area contributed by atoms with Gasteiger partial charge in [-0.2, -0.15) is 0 Å². The van der Waals surface area contributed by atoms with Crippen molar-refractivity contribution in [3.63, 3.8) is 0 Å². The zero-order valence-electron chi connectivity index (χ0n) is 14.2. The molecule has 1 saturated carbocycles. The lowest BCUT2D eigenvalue weighted by atomic mass is 9.96. The normalized spacial score (nSPS) is 16.0. The molecule has 0 aromatic heterocycles. The van der Waals surface area contributed by atoms with Crippen molar-refractivity contribution in [2.24, 2.45) is 4.99 Å². The zero-order valence-corrected chi connectivity index (χ0v) is 18.1. The average Bonchev–Trinajstić information content (AvgIpc) is 3.27. The molecule has 0 bridgehead atoms. The fourth-order valence-corrected chi connectivity index (χ4v) is 3.01. The molecule has 0 radical (unpaired) electrons. The first-order valence-electron chi connectivity index (χ1n) is 7.91. The van der Waals surface area contributed by atoms with Crippen LogP contribution in [0.4, 0.5) is 0 Å². The van der Waals surface area contributed by atoms with Gasteiger partial charge in [0.25, 0.3) is 0 Å². The second kappa shape index (κ2) is 9.84. The molecule has 4 nitrogen and oxygen atoms in total. The van der Waals surface area contributed by atoms with Gasteiger partial charge in [0.15, 0.2) is 5.96 Å². The molecule has 2 N–H and O–H groups in total. The second-order valence-corrected chi connectivity index (χ2v) is 7.22. The second-order valence-electron chi connectivity index (χ2n) is 6.30. The van der Waals surface area contributed by atoms with Gasteiger partial charge in [-0.15, -0.1) is 24.0 Å². The number of hydrogen-bond acceptors (Lipinski definition) is 2. The number of aliphatic imine (C=N–C) groups is 1. The molecule has 23 heavy (non-hydrogen) atoms.